The van der Waals surface area contributed by atoms with Gasteiger partial charge in [-0.05, 0) is 38.1 Å². The summed E-state index contributed by atoms with van der Waals surface area (Å²) in [5.41, 5.74) is -0.642. The largest absolute Gasteiger partial charge is 0.376 e. The molecule has 0 fully saturated rings. The highest BCUT2D eigenvalue weighted by Gasteiger charge is 2.31. The Morgan fingerprint density at radius 2 is 1.40 bits per heavy atom. The highest BCUT2D eigenvalue weighted by molar-refractivity contribution is 4.81. The van der Waals surface area contributed by atoms with Gasteiger partial charge in [-0.25, -0.2) is 0 Å². The van der Waals surface area contributed by atoms with E-state index in [0.29, 0.717) is 5.92 Å². The number of hydrogen-bond donors (Lipinski definition) is 2. The Morgan fingerprint density at radius 3 is 2.00 bits per heavy atom. The fourth-order valence-corrected chi connectivity index (χ4v) is 2.77. The highest BCUT2D eigenvalue weighted by Crippen LogP contribution is 2.26. The first-order chi connectivity index (χ1) is 9.60. The monoisotopic (exact) mass is 285 g/mol. The molecule has 0 spiro atoms. The van der Waals surface area contributed by atoms with Crippen molar-refractivity contribution in [3.8, 4) is 0 Å². The van der Waals surface area contributed by atoms with Gasteiger partial charge in [0.1, 0.15) is 5.72 Å². The minimum atomic E-state index is -0.642. The lowest BCUT2D eigenvalue weighted by Crippen LogP contribution is -2.50. The van der Waals surface area contributed by atoms with E-state index in [9.17, 15) is 5.11 Å². The van der Waals surface area contributed by atoms with Crippen LogP contribution in [-0.2, 0) is 0 Å². The number of aliphatic hydroxyl groups is 1. The van der Waals surface area contributed by atoms with Crippen LogP contribution in [0.15, 0.2) is 0 Å². The molecule has 0 saturated heterocycles. The molecule has 0 bridgehead atoms. The van der Waals surface area contributed by atoms with Crippen molar-refractivity contribution in [3.05, 3.63) is 0 Å². The Morgan fingerprint density at radius 1 is 0.850 bits per heavy atom. The molecular weight excluding hydrogens is 246 g/mol. The summed E-state index contributed by atoms with van der Waals surface area (Å²) in [5.74, 6) is 0.354. The van der Waals surface area contributed by atoms with Gasteiger partial charge in [0.05, 0.1) is 0 Å². The van der Waals surface area contributed by atoms with Crippen LogP contribution in [0, 0.1) is 5.92 Å². The number of nitrogens with one attached hydrogen (secondary N) is 1. The minimum Gasteiger partial charge on any atom is -0.376 e. The predicted molar refractivity (Wildman–Crippen MR) is 89.9 cm³/mol. The molecule has 0 aliphatic carbocycles. The fraction of sp³-hybridized carbons (Fsp3) is 1.00. The summed E-state index contributed by atoms with van der Waals surface area (Å²) in [5, 5.41) is 14.5. The summed E-state index contributed by atoms with van der Waals surface area (Å²) in [6, 6.07) is 0. The third-order valence-corrected chi connectivity index (χ3v) is 4.43. The third-order valence-electron chi connectivity index (χ3n) is 4.43. The molecule has 0 amide bonds. The van der Waals surface area contributed by atoms with E-state index in [1.54, 1.807) is 0 Å². The standard InChI is InChI=1S/C18H39NO/c1-5-8-11-14-17(4)18(20,15-12-9-6-2)19-16-13-10-7-3/h17,19-20H,5-16H2,1-4H3. The van der Waals surface area contributed by atoms with Crippen LogP contribution in [0.25, 0.3) is 0 Å². The van der Waals surface area contributed by atoms with E-state index in [1.807, 2.05) is 0 Å². The van der Waals surface area contributed by atoms with Gasteiger partial charge in [-0.2, -0.15) is 0 Å². The van der Waals surface area contributed by atoms with E-state index in [-0.39, 0.29) is 0 Å². The number of rotatable bonds is 14. The van der Waals surface area contributed by atoms with Crippen molar-refractivity contribution in [1.29, 1.82) is 0 Å². The number of hydrogen-bond acceptors (Lipinski definition) is 2. The molecule has 2 atom stereocenters. The second kappa shape index (κ2) is 12.6. The van der Waals surface area contributed by atoms with Gasteiger partial charge in [0, 0.05) is 0 Å². The Hall–Kier alpha value is -0.0800. The molecule has 0 aliphatic heterocycles. The van der Waals surface area contributed by atoms with Gasteiger partial charge < -0.3 is 5.11 Å². The molecular formula is C18H39NO. The molecule has 2 unspecified atom stereocenters. The molecule has 2 nitrogen and oxygen atoms in total. The smallest absolute Gasteiger partial charge is 0.118 e. The molecule has 0 saturated carbocycles. The van der Waals surface area contributed by atoms with Crippen LogP contribution in [0.5, 0.6) is 0 Å². The molecule has 122 valence electrons. The van der Waals surface area contributed by atoms with Crippen LogP contribution < -0.4 is 5.32 Å². The van der Waals surface area contributed by atoms with E-state index < -0.39 is 5.72 Å². The molecule has 2 heteroatoms. The fourth-order valence-electron chi connectivity index (χ4n) is 2.77. The highest BCUT2D eigenvalue weighted by atomic mass is 16.3. The summed E-state index contributed by atoms with van der Waals surface area (Å²) in [6.07, 6.45) is 13.1. The molecule has 0 aliphatic rings. The van der Waals surface area contributed by atoms with Gasteiger partial charge in [0.15, 0.2) is 0 Å². The van der Waals surface area contributed by atoms with Crippen molar-refractivity contribution in [1.82, 2.24) is 5.32 Å². The Labute approximate surface area is 127 Å². The van der Waals surface area contributed by atoms with Gasteiger partial charge in [-0.1, -0.05) is 72.6 Å². The summed E-state index contributed by atoms with van der Waals surface area (Å²) in [6.45, 7) is 9.85. The van der Waals surface area contributed by atoms with E-state index in [2.05, 4.69) is 33.0 Å². The molecule has 0 aromatic carbocycles. The van der Waals surface area contributed by atoms with Gasteiger partial charge in [0.25, 0.3) is 0 Å². The van der Waals surface area contributed by atoms with Crippen LogP contribution in [0.3, 0.4) is 0 Å². The van der Waals surface area contributed by atoms with Gasteiger partial charge in [-0.3, -0.25) is 5.32 Å². The van der Waals surface area contributed by atoms with Crippen molar-refractivity contribution < 1.29 is 5.11 Å². The Bertz CT molecular complexity index is 208. The van der Waals surface area contributed by atoms with Crippen molar-refractivity contribution in [2.45, 2.75) is 104 Å². The molecule has 2 N–H and O–H groups in total. The van der Waals surface area contributed by atoms with Crippen LogP contribution in [0.2, 0.25) is 0 Å². The summed E-state index contributed by atoms with van der Waals surface area (Å²) in [7, 11) is 0. The molecule has 0 aromatic rings. The Kier molecular flexibility index (Phi) is 12.6. The topological polar surface area (TPSA) is 32.3 Å². The van der Waals surface area contributed by atoms with Crippen LogP contribution in [-0.4, -0.2) is 17.4 Å². The average molecular weight is 286 g/mol. The normalized spacial score (nSPS) is 16.1. The van der Waals surface area contributed by atoms with Gasteiger partial charge in [-0.15, -0.1) is 0 Å². The van der Waals surface area contributed by atoms with Crippen molar-refractivity contribution in [3.63, 3.8) is 0 Å². The SMILES string of the molecule is CCCCCNC(O)(CCCCC)C(C)CCCCC. The van der Waals surface area contributed by atoms with Crippen molar-refractivity contribution in [2.24, 2.45) is 5.92 Å². The first kappa shape index (κ1) is 19.9. The Balaban J connectivity index is 4.26. The molecule has 0 heterocycles. The minimum absolute atomic E-state index is 0.354. The lowest BCUT2D eigenvalue weighted by atomic mass is 9.87. The second-order valence-electron chi connectivity index (χ2n) is 6.41. The van der Waals surface area contributed by atoms with E-state index in [0.717, 1.165) is 25.8 Å². The summed E-state index contributed by atoms with van der Waals surface area (Å²) >= 11 is 0. The summed E-state index contributed by atoms with van der Waals surface area (Å²) in [4.78, 5) is 0. The first-order valence-corrected chi connectivity index (χ1v) is 9.08. The van der Waals surface area contributed by atoms with E-state index >= 15 is 0 Å². The first-order valence-electron chi connectivity index (χ1n) is 9.08. The van der Waals surface area contributed by atoms with Crippen molar-refractivity contribution in [2.75, 3.05) is 6.54 Å². The molecule has 0 radical (unpaired) electrons. The molecule has 0 aromatic heterocycles. The zero-order valence-electron chi connectivity index (χ0n) is 14.5. The van der Waals surface area contributed by atoms with Gasteiger partial charge >= 0.3 is 0 Å². The summed E-state index contributed by atoms with van der Waals surface area (Å²) < 4.78 is 0. The van der Waals surface area contributed by atoms with Gasteiger partial charge in [0.2, 0.25) is 0 Å². The van der Waals surface area contributed by atoms with Crippen LogP contribution >= 0.6 is 0 Å². The average Bonchev–Trinajstić information content (AvgIpc) is 2.44. The van der Waals surface area contributed by atoms with Crippen LogP contribution in [0.1, 0.15) is 98.3 Å². The maximum Gasteiger partial charge on any atom is 0.118 e. The zero-order chi connectivity index (χ0) is 15.3. The van der Waals surface area contributed by atoms with E-state index in [1.165, 1.54) is 51.4 Å². The third kappa shape index (κ3) is 8.97. The van der Waals surface area contributed by atoms with E-state index in [4.69, 9.17) is 0 Å². The predicted octanol–water partition coefficient (Wildman–Crippen LogP) is 5.25. The number of unbranched alkanes of at least 4 members (excludes halogenated alkanes) is 6. The quantitative estimate of drug-likeness (QED) is 0.337. The van der Waals surface area contributed by atoms with Crippen LogP contribution in [0.4, 0.5) is 0 Å². The second-order valence-corrected chi connectivity index (χ2v) is 6.41. The lowest BCUT2D eigenvalue weighted by molar-refractivity contribution is -0.0561. The zero-order valence-corrected chi connectivity index (χ0v) is 14.5. The molecule has 0 rings (SSSR count). The lowest BCUT2D eigenvalue weighted by Gasteiger charge is -2.36. The maximum atomic E-state index is 11.0. The molecule has 20 heavy (non-hydrogen) atoms. The van der Waals surface area contributed by atoms with Crippen molar-refractivity contribution >= 4 is 0 Å². The maximum absolute atomic E-state index is 11.0.